The molecule has 2 aromatic heterocycles. The molecule has 19 heavy (non-hydrogen) atoms. The third-order valence-corrected chi connectivity index (χ3v) is 2.45. The Morgan fingerprint density at radius 1 is 1.53 bits per heavy atom. The van der Waals surface area contributed by atoms with Crippen LogP contribution < -0.4 is 5.32 Å². The van der Waals surface area contributed by atoms with E-state index in [4.69, 9.17) is 16.1 Å². The quantitative estimate of drug-likeness (QED) is 0.497. The Morgan fingerprint density at radius 2 is 2.32 bits per heavy atom. The van der Waals surface area contributed by atoms with Gasteiger partial charge in [0.2, 0.25) is 16.9 Å². The van der Waals surface area contributed by atoms with E-state index in [9.17, 15) is 10.1 Å². The van der Waals surface area contributed by atoms with Crippen molar-refractivity contribution in [2.24, 2.45) is 0 Å². The lowest BCUT2D eigenvalue weighted by atomic mass is 10.4. The Bertz CT molecular complexity index is 601. The summed E-state index contributed by atoms with van der Waals surface area (Å²) in [5.74, 6) is 1.03. The Labute approximate surface area is 112 Å². The number of nitro groups is 1. The first-order chi connectivity index (χ1) is 9.08. The van der Waals surface area contributed by atoms with Crippen LogP contribution in [-0.4, -0.2) is 31.6 Å². The van der Waals surface area contributed by atoms with Gasteiger partial charge in [0.25, 0.3) is 0 Å². The minimum absolute atomic E-state index is 0.0604. The second-order valence-corrected chi connectivity index (χ2v) is 3.88. The van der Waals surface area contributed by atoms with Crippen LogP contribution in [0.15, 0.2) is 10.9 Å². The van der Waals surface area contributed by atoms with E-state index < -0.39 is 4.92 Å². The number of aryl methyl sites for hydroxylation is 1. The van der Waals surface area contributed by atoms with Crippen LogP contribution >= 0.6 is 11.6 Å². The van der Waals surface area contributed by atoms with Gasteiger partial charge in [-0.15, -0.1) is 0 Å². The molecule has 0 aromatic carbocycles. The van der Waals surface area contributed by atoms with Gasteiger partial charge in [0.15, 0.2) is 5.82 Å². The van der Waals surface area contributed by atoms with Crippen LogP contribution in [0.4, 0.5) is 11.5 Å². The molecule has 9 nitrogen and oxygen atoms in total. The third-order valence-electron chi connectivity index (χ3n) is 2.17. The average molecular weight is 285 g/mol. The molecule has 0 saturated heterocycles. The van der Waals surface area contributed by atoms with Crippen molar-refractivity contribution in [3.8, 4) is 0 Å². The van der Waals surface area contributed by atoms with E-state index in [0.29, 0.717) is 24.7 Å². The van der Waals surface area contributed by atoms with Gasteiger partial charge in [-0.3, -0.25) is 10.1 Å². The van der Waals surface area contributed by atoms with Crippen LogP contribution in [0.2, 0.25) is 5.15 Å². The second kappa shape index (κ2) is 5.57. The Morgan fingerprint density at radius 3 is 2.95 bits per heavy atom. The maximum absolute atomic E-state index is 10.8. The molecule has 0 radical (unpaired) electrons. The smallest absolute Gasteiger partial charge is 0.348 e. The van der Waals surface area contributed by atoms with E-state index in [1.165, 1.54) is 0 Å². The minimum Gasteiger partial charge on any atom is -0.364 e. The van der Waals surface area contributed by atoms with Crippen molar-refractivity contribution in [1.29, 1.82) is 0 Å². The molecule has 0 saturated carbocycles. The molecule has 0 aliphatic heterocycles. The predicted octanol–water partition coefficient (Wildman–Crippen LogP) is 1.38. The molecule has 2 rings (SSSR count). The molecule has 100 valence electrons. The van der Waals surface area contributed by atoms with Gasteiger partial charge in [0, 0.05) is 19.9 Å². The zero-order chi connectivity index (χ0) is 13.8. The van der Waals surface area contributed by atoms with Gasteiger partial charge in [-0.2, -0.15) is 4.98 Å². The topological polar surface area (TPSA) is 120 Å². The first-order valence-electron chi connectivity index (χ1n) is 5.26. The van der Waals surface area contributed by atoms with Crippen LogP contribution in [0.5, 0.6) is 0 Å². The summed E-state index contributed by atoms with van der Waals surface area (Å²) in [7, 11) is 0. The van der Waals surface area contributed by atoms with Crippen LogP contribution in [-0.2, 0) is 6.42 Å². The molecule has 0 spiro atoms. The normalized spacial score (nSPS) is 10.4. The van der Waals surface area contributed by atoms with Crippen molar-refractivity contribution in [1.82, 2.24) is 20.1 Å². The molecule has 0 unspecified atom stereocenters. The summed E-state index contributed by atoms with van der Waals surface area (Å²) >= 11 is 5.65. The maximum Gasteiger partial charge on any atom is 0.348 e. The summed E-state index contributed by atoms with van der Waals surface area (Å²) in [5, 5.41) is 17.1. The lowest BCUT2D eigenvalue weighted by molar-refractivity contribution is -0.384. The first kappa shape index (κ1) is 13.1. The second-order valence-electron chi connectivity index (χ2n) is 3.53. The van der Waals surface area contributed by atoms with Gasteiger partial charge in [-0.1, -0.05) is 16.8 Å². The van der Waals surface area contributed by atoms with Crippen molar-refractivity contribution < 1.29 is 9.45 Å². The van der Waals surface area contributed by atoms with Crippen molar-refractivity contribution in [3.63, 3.8) is 0 Å². The lowest BCUT2D eigenvalue weighted by Crippen LogP contribution is -2.10. The number of hydrogen-bond donors (Lipinski definition) is 1. The Balaban J connectivity index is 2.03. The molecule has 0 aliphatic carbocycles. The fourth-order valence-corrected chi connectivity index (χ4v) is 1.59. The van der Waals surface area contributed by atoms with Crippen LogP contribution in [0, 0.1) is 17.0 Å². The van der Waals surface area contributed by atoms with Crippen molar-refractivity contribution in [2.75, 3.05) is 11.9 Å². The molecule has 2 heterocycles. The maximum atomic E-state index is 10.8. The lowest BCUT2D eigenvalue weighted by Gasteiger charge is -2.04. The van der Waals surface area contributed by atoms with Gasteiger partial charge in [-0.05, 0) is 0 Å². The molecule has 0 amide bonds. The zero-order valence-corrected chi connectivity index (χ0v) is 10.6. The van der Waals surface area contributed by atoms with Crippen LogP contribution in [0.1, 0.15) is 11.7 Å². The van der Waals surface area contributed by atoms with Gasteiger partial charge in [0.05, 0.1) is 4.92 Å². The number of nitrogens with zero attached hydrogens (tertiary/aromatic N) is 5. The van der Waals surface area contributed by atoms with Crippen LogP contribution in [0.25, 0.3) is 0 Å². The van der Waals surface area contributed by atoms with Gasteiger partial charge in [-0.25, -0.2) is 9.97 Å². The predicted molar refractivity (Wildman–Crippen MR) is 64.9 cm³/mol. The molecule has 1 N–H and O–H groups in total. The van der Waals surface area contributed by atoms with Gasteiger partial charge in [0.1, 0.15) is 6.33 Å². The SMILES string of the molecule is Cc1nc(CCNc2ncnc(Cl)c2[N+](=O)[O-])no1. The molecule has 2 aromatic rings. The highest BCUT2D eigenvalue weighted by Gasteiger charge is 2.21. The molecule has 0 aliphatic rings. The molecule has 10 heteroatoms. The highest BCUT2D eigenvalue weighted by molar-refractivity contribution is 6.31. The average Bonchev–Trinajstić information content (AvgIpc) is 2.74. The van der Waals surface area contributed by atoms with Crippen molar-refractivity contribution in [3.05, 3.63) is 33.3 Å². The zero-order valence-electron chi connectivity index (χ0n) is 9.83. The van der Waals surface area contributed by atoms with E-state index in [-0.39, 0.29) is 16.7 Å². The minimum atomic E-state index is -0.636. The summed E-state index contributed by atoms with van der Waals surface area (Å²) in [6, 6.07) is 0. The number of halogens is 1. The van der Waals surface area contributed by atoms with Crippen molar-refractivity contribution in [2.45, 2.75) is 13.3 Å². The summed E-state index contributed by atoms with van der Waals surface area (Å²) in [4.78, 5) is 21.6. The Hall–Kier alpha value is -2.29. The van der Waals surface area contributed by atoms with E-state index >= 15 is 0 Å². The van der Waals surface area contributed by atoms with E-state index in [1.807, 2.05) is 0 Å². The van der Waals surface area contributed by atoms with E-state index in [0.717, 1.165) is 6.33 Å². The monoisotopic (exact) mass is 284 g/mol. The molecule has 0 bridgehead atoms. The molecule has 0 atom stereocenters. The van der Waals surface area contributed by atoms with Crippen molar-refractivity contribution >= 4 is 23.1 Å². The fraction of sp³-hybridized carbons (Fsp3) is 0.333. The van der Waals surface area contributed by atoms with E-state index in [1.54, 1.807) is 6.92 Å². The van der Waals surface area contributed by atoms with Gasteiger partial charge < -0.3 is 9.84 Å². The van der Waals surface area contributed by atoms with E-state index in [2.05, 4.69) is 25.4 Å². The first-order valence-corrected chi connectivity index (χ1v) is 5.63. The number of rotatable bonds is 5. The Kier molecular flexibility index (Phi) is 3.85. The number of anilines is 1. The summed E-state index contributed by atoms with van der Waals surface area (Å²) < 4.78 is 4.80. The number of aromatic nitrogens is 4. The molecule has 0 fully saturated rings. The third kappa shape index (κ3) is 3.13. The molecular formula is C9H9ClN6O3. The highest BCUT2D eigenvalue weighted by atomic mass is 35.5. The number of nitrogens with one attached hydrogen (secondary N) is 1. The molecular weight excluding hydrogens is 276 g/mol. The highest BCUT2D eigenvalue weighted by Crippen LogP contribution is 2.27. The largest absolute Gasteiger partial charge is 0.364 e. The fourth-order valence-electron chi connectivity index (χ4n) is 1.38. The summed E-state index contributed by atoms with van der Waals surface area (Å²) in [6.07, 6.45) is 1.59. The summed E-state index contributed by atoms with van der Waals surface area (Å²) in [5.41, 5.74) is -0.353. The van der Waals surface area contributed by atoms with Gasteiger partial charge >= 0.3 is 5.69 Å². The number of hydrogen-bond acceptors (Lipinski definition) is 8. The van der Waals surface area contributed by atoms with Crippen LogP contribution in [0.3, 0.4) is 0 Å². The standard InChI is InChI=1S/C9H9ClN6O3/c1-5-14-6(15-19-5)2-3-11-9-7(16(17)18)8(10)12-4-13-9/h4H,2-3H2,1H3,(H,11,12,13). The summed E-state index contributed by atoms with van der Waals surface area (Å²) in [6.45, 7) is 2.03.